The lowest BCUT2D eigenvalue weighted by Crippen LogP contribution is -2.25. The van der Waals surface area contributed by atoms with Crippen molar-refractivity contribution in [1.29, 1.82) is 0 Å². The summed E-state index contributed by atoms with van der Waals surface area (Å²) in [6.07, 6.45) is -4.37. The third-order valence-corrected chi connectivity index (χ3v) is 3.92. The highest BCUT2D eigenvalue weighted by molar-refractivity contribution is 9.10. The Morgan fingerprint density at radius 2 is 1.57 bits per heavy atom. The van der Waals surface area contributed by atoms with Gasteiger partial charge in [-0.05, 0) is 29.8 Å². The van der Waals surface area contributed by atoms with Crippen LogP contribution in [0.3, 0.4) is 0 Å². The van der Waals surface area contributed by atoms with Crippen molar-refractivity contribution in [3.63, 3.8) is 0 Å². The Morgan fingerprint density at radius 1 is 1.00 bits per heavy atom. The average molecular weight is 358 g/mol. The summed E-state index contributed by atoms with van der Waals surface area (Å²) in [6, 6.07) is 12.5. The Balaban J connectivity index is 2.57. The second-order valence-corrected chi connectivity index (χ2v) is 5.45. The van der Waals surface area contributed by atoms with Gasteiger partial charge in [-0.1, -0.05) is 59.3 Å². The molecule has 5 heteroatoms. The number of hydrogen-bond donors (Lipinski definition) is 1. The van der Waals surface area contributed by atoms with Crippen LogP contribution in [0.1, 0.15) is 29.7 Å². The first-order valence-corrected chi connectivity index (χ1v) is 7.38. The average Bonchev–Trinajstić information content (AvgIpc) is 2.45. The molecule has 0 aromatic heterocycles. The smallest absolute Gasteiger partial charge is 0.306 e. The molecule has 0 heterocycles. The summed E-state index contributed by atoms with van der Waals surface area (Å²) in [5.41, 5.74) is 0.418. The first-order chi connectivity index (χ1) is 9.95. The van der Waals surface area contributed by atoms with Crippen LogP contribution in [0.15, 0.2) is 53.0 Å². The van der Waals surface area contributed by atoms with Crippen molar-refractivity contribution in [2.45, 2.75) is 19.1 Å². The highest BCUT2D eigenvalue weighted by Crippen LogP contribution is 2.37. The van der Waals surface area contributed by atoms with Gasteiger partial charge in [0.1, 0.15) is 0 Å². The molecule has 0 aliphatic carbocycles. The van der Waals surface area contributed by atoms with E-state index in [0.29, 0.717) is 6.54 Å². The Morgan fingerprint density at radius 3 is 2.14 bits per heavy atom. The van der Waals surface area contributed by atoms with Crippen molar-refractivity contribution in [2.24, 2.45) is 0 Å². The zero-order valence-corrected chi connectivity index (χ0v) is 13.0. The van der Waals surface area contributed by atoms with Crippen LogP contribution in [0.25, 0.3) is 0 Å². The molecule has 0 radical (unpaired) electrons. The maximum Gasteiger partial charge on any atom is 0.416 e. The summed E-state index contributed by atoms with van der Waals surface area (Å²) in [6.45, 7) is 2.44. The number of nitrogens with one attached hydrogen (secondary N) is 1. The molecule has 2 rings (SSSR count). The SMILES string of the molecule is CCNC(c1ccccc1Br)c1ccccc1C(F)(F)F. The van der Waals surface area contributed by atoms with Gasteiger partial charge in [-0.15, -0.1) is 0 Å². The molecule has 0 amide bonds. The fraction of sp³-hybridized carbons (Fsp3) is 0.250. The molecule has 0 bridgehead atoms. The Kier molecular flexibility index (Phi) is 5.06. The van der Waals surface area contributed by atoms with Crippen molar-refractivity contribution >= 4 is 15.9 Å². The second kappa shape index (κ2) is 6.62. The maximum absolute atomic E-state index is 13.2. The molecule has 21 heavy (non-hydrogen) atoms. The molecule has 2 aromatic carbocycles. The molecule has 1 atom stereocenters. The Bertz CT molecular complexity index is 610. The van der Waals surface area contributed by atoms with Crippen molar-refractivity contribution in [3.8, 4) is 0 Å². The summed E-state index contributed by atoms with van der Waals surface area (Å²) in [5, 5.41) is 3.14. The van der Waals surface area contributed by atoms with Crippen LogP contribution in [0, 0.1) is 0 Å². The molecule has 0 aliphatic rings. The van der Waals surface area contributed by atoms with Gasteiger partial charge in [0.15, 0.2) is 0 Å². The molecule has 1 nitrogen and oxygen atoms in total. The fourth-order valence-electron chi connectivity index (χ4n) is 2.31. The van der Waals surface area contributed by atoms with E-state index in [1.807, 2.05) is 31.2 Å². The highest BCUT2D eigenvalue weighted by Gasteiger charge is 2.35. The van der Waals surface area contributed by atoms with Crippen LogP contribution in [-0.4, -0.2) is 6.54 Å². The summed E-state index contributed by atoms with van der Waals surface area (Å²) in [5.74, 6) is 0. The van der Waals surface area contributed by atoms with Gasteiger partial charge in [-0.25, -0.2) is 0 Å². The number of benzene rings is 2. The number of hydrogen-bond acceptors (Lipinski definition) is 1. The first-order valence-electron chi connectivity index (χ1n) is 6.59. The zero-order chi connectivity index (χ0) is 15.5. The quantitative estimate of drug-likeness (QED) is 0.796. The van der Waals surface area contributed by atoms with Gasteiger partial charge in [0.05, 0.1) is 11.6 Å². The summed E-state index contributed by atoms with van der Waals surface area (Å²) in [7, 11) is 0. The summed E-state index contributed by atoms with van der Waals surface area (Å²) >= 11 is 3.42. The van der Waals surface area contributed by atoms with Crippen molar-refractivity contribution < 1.29 is 13.2 Å². The van der Waals surface area contributed by atoms with E-state index in [1.54, 1.807) is 6.07 Å². The van der Waals surface area contributed by atoms with Crippen LogP contribution in [-0.2, 0) is 6.18 Å². The fourth-order valence-corrected chi connectivity index (χ4v) is 2.82. The standard InChI is InChI=1S/C16H15BrF3N/c1-2-21-15(12-8-4-6-10-14(12)17)11-7-3-5-9-13(11)16(18,19)20/h3-10,15,21H,2H2,1H3. The monoisotopic (exact) mass is 357 g/mol. The van der Waals surface area contributed by atoms with Crippen molar-refractivity contribution in [2.75, 3.05) is 6.54 Å². The molecule has 0 fully saturated rings. The van der Waals surface area contributed by atoms with E-state index < -0.39 is 17.8 Å². The molecular weight excluding hydrogens is 343 g/mol. The second-order valence-electron chi connectivity index (χ2n) is 4.60. The van der Waals surface area contributed by atoms with Gasteiger partial charge < -0.3 is 5.32 Å². The molecule has 112 valence electrons. The van der Waals surface area contributed by atoms with E-state index in [-0.39, 0.29) is 5.56 Å². The van der Waals surface area contributed by atoms with Gasteiger partial charge in [-0.3, -0.25) is 0 Å². The molecule has 0 spiro atoms. The molecule has 0 saturated carbocycles. The van der Waals surface area contributed by atoms with Crippen LogP contribution in [0.4, 0.5) is 13.2 Å². The van der Waals surface area contributed by atoms with Gasteiger partial charge in [0.25, 0.3) is 0 Å². The highest BCUT2D eigenvalue weighted by atomic mass is 79.9. The van der Waals surface area contributed by atoms with E-state index in [2.05, 4.69) is 21.2 Å². The summed E-state index contributed by atoms with van der Waals surface area (Å²) < 4.78 is 40.5. The van der Waals surface area contributed by atoms with Crippen LogP contribution in [0.2, 0.25) is 0 Å². The third kappa shape index (κ3) is 3.66. The minimum atomic E-state index is -4.37. The van der Waals surface area contributed by atoms with E-state index >= 15 is 0 Å². The topological polar surface area (TPSA) is 12.0 Å². The predicted molar refractivity (Wildman–Crippen MR) is 81.1 cm³/mol. The number of alkyl halides is 3. The number of rotatable bonds is 4. The third-order valence-electron chi connectivity index (χ3n) is 3.20. The maximum atomic E-state index is 13.2. The van der Waals surface area contributed by atoms with Gasteiger partial charge >= 0.3 is 6.18 Å². The molecule has 0 saturated heterocycles. The van der Waals surface area contributed by atoms with Gasteiger partial charge in [0, 0.05) is 4.47 Å². The van der Waals surface area contributed by atoms with Crippen molar-refractivity contribution in [3.05, 3.63) is 69.7 Å². The van der Waals surface area contributed by atoms with Crippen molar-refractivity contribution in [1.82, 2.24) is 5.32 Å². The number of halogens is 4. The van der Waals surface area contributed by atoms with E-state index in [0.717, 1.165) is 16.1 Å². The van der Waals surface area contributed by atoms with E-state index in [4.69, 9.17) is 0 Å². The van der Waals surface area contributed by atoms with Gasteiger partial charge in [0.2, 0.25) is 0 Å². The van der Waals surface area contributed by atoms with E-state index in [1.165, 1.54) is 12.1 Å². The summed E-state index contributed by atoms with van der Waals surface area (Å²) in [4.78, 5) is 0. The molecule has 0 aliphatic heterocycles. The first kappa shape index (κ1) is 16.0. The molecule has 1 N–H and O–H groups in total. The van der Waals surface area contributed by atoms with Crippen LogP contribution in [0.5, 0.6) is 0 Å². The van der Waals surface area contributed by atoms with Crippen LogP contribution < -0.4 is 5.32 Å². The minimum Gasteiger partial charge on any atom is -0.306 e. The lowest BCUT2D eigenvalue weighted by atomic mass is 9.94. The molecule has 1 unspecified atom stereocenters. The largest absolute Gasteiger partial charge is 0.416 e. The lowest BCUT2D eigenvalue weighted by molar-refractivity contribution is -0.138. The predicted octanol–water partition coefficient (Wildman–Crippen LogP) is 5.17. The normalized spacial score (nSPS) is 13.2. The minimum absolute atomic E-state index is 0.235. The lowest BCUT2D eigenvalue weighted by Gasteiger charge is -2.23. The van der Waals surface area contributed by atoms with Crippen LogP contribution >= 0.6 is 15.9 Å². The zero-order valence-electron chi connectivity index (χ0n) is 11.4. The molecule has 2 aromatic rings. The molecular formula is C16H15BrF3N. The van der Waals surface area contributed by atoms with Gasteiger partial charge in [-0.2, -0.15) is 13.2 Å². The Labute approximate surface area is 130 Å². The van der Waals surface area contributed by atoms with E-state index in [9.17, 15) is 13.2 Å². The Hall–Kier alpha value is -1.33.